The van der Waals surface area contributed by atoms with E-state index in [1.807, 2.05) is 0 Å². The lowest BCUT2D eigenvalue weighted by molar-refractivity contribution is -0.138. The maximum atomic E-state index is 12.2. The Morgan fingerprint density at radius 2 is 2.00 bits per heavy atom. The van der Waals surface area contributed by atoms with Gasteiger partial charge in [-0.25, -0.2) is 0 Å². The highest BCUT2D eigenvalue weighted by atomic mass is 79.9. The predicted octanol–water partition coefficient (Wildman–Crippen LogP) is 3.54. The van der Waals surface area contributed by atoms with Crippen LogP contribution in [0.15, 0.2) is 16.6 Å². The van der Waals surface area contributed by atoms with Crippen LogP contribution < -0.4 is 10.5 Å². The molecule has 0 aliphatic rings. The van der Waals surface area contributed by atoms with Crippen molar-refractivity contribution in [3.63, 3.8) is 0 Å². The Labute approximate surface area is 117 Å². The normalized spacial score (nSPS) is 12.8. The van der Waals surface area contributed by atoms with Gasteiger partial charge in [-0.05, 0) is 12.1 Å². The molecule has 3 nitrogen and oxygen atoms in total. The van der Waals surface area contributed by atoms with Crippen LogP contribution in [0.3, 0.4) is 0 Å². The summed E-state index contributed by atoms with van der Waals surface area (Å²) in [5.41, 5.74) is 5.41. The first-order chi connectivity index (χ1) is 7.74. The molecule has 0 aromatic heterocycles. The smallest absolute Gasteiger partial charge is 0.390 e. The summed E-state index contributed by atoms with van der Waals surface area (Å²) >= 11 is 3.11. The number of aromatic hydroxyl groups is 1. The van der Waals surface area contributed by atoms with Gasteiger partial charge in [0, 0.05) is 16.1 Å². The number of phenolic OH excluding ortho intramolecular Hbond substituents is 1. The summed E-state index contributed by atoms with van der Waals surface area (Å²) in [7, 11) is 1.31. The summed E-state index contributed by atoms with van der Waals surface area (Å²) < 4.78 is 41.9. The van der Waals surface area contributed by atoms with Gasteiger partial charge in [-0.3, -0.25) is 0 Å². The molecular formula is C10H12BrClF3NO2. The Bertz CT molecular complexity index is 415. The number of benzene rings is 1. The molecule has 0 saturated carbocycles. The largest absolute Gasteiger partial charge is 0.504 e. The number of hydrogen-bond donors (Lipinski definition) is 2. The second kappa shape index (κ2) is 6.49. The molecule has 0 bridgehead atoms. The van der Waals surface area contributed by atoms with Gasteiger partial charge >= 0.3 is 6.18 Å². The Balaban J connectivity index is 0.00000289. The molecule has 3 N–H and O–H groups in total. The van der Waals surface area contributed by atoms with Gasteiger partial charge in [0.25, 0.3) is 0 Å². The highest BCUT2D eigenvalue weighted by molar-refractivity contribution is 9.10. The van der Waals surface area contributed by atoms with Crippen molar-refractivity contribution < 1.29 is 23.0 Å². The maximum Gasteiger partial charge on any atom is 0.390 e. The quantitative estimate of drug-likeness (QED) is 0.877. The van der Waals surface area contributed by atoms with Crippen molar-refractivity contribution in [3.8, 4) is 11.5 Å². The summed E-state index contributed by atoms with van der Waals surface area (Å²) in [6.07, 6.45) is -5.60. The predicted molar refractivity (Wildman–Crippen MR) is 67.2 cm³/mol. The highest BCUT2D eigenvalue weighted by Crippen LogP contribution is 2.39. The zero-order valence-corrected chi connectivity index (χ0v) is 11.7. The third-order valence-corrected chi connectivity index (χ3v) is 2.60. The molecule has 1 rings (SSSR count). The fourth-order valence-electron chi connectivity index (χ4n) is 1.39. The first-order valence-electron chi connectivity index (χ1n) is 4.63. The van der Waals surface area contributed by atoms with Gasteiger partial charge in [0.1, 0.15) is 0 Å². The molecular weight excluding hydrogens is 338 g/mol. The van der Waals surface area contributed by atoms with Crippen LogP contribution in [0.4, 0.5) is 13.2 Å². The van der Waals surface area contributed by atoms with Crippen LogP contribution in [0.1, 0.15) is 18.0 Å². The molecule has 104 valence electrons. The summed E-state index contributed by atoms with van der Waals surface area (Å²) in [4.78, 5) is 0. The first kappa shape index (κ1) is 17.3. The van der Waals surface area contributed by atoms with Crippen molar-refractivity contribution >= 4 is 28.3 Å². The Morgan fingerprint density at radius 1 is 1.44 bits per heavy atom. The van der Waals surface area contributed by atoms with Crippen molar-refractivity contribution in [3.05, 3.63) is 22.2 Å². The summed E-state index contributed by atoms with van der Waals surface area (Å²) in [5, 5.41) is 9.69. The van der Waals surface area contributed by atoms with Crippen LogP contribution >= 0.6 is 28.3 Å². The molecule has 0 spiro atoms. The van der Waals surface area contributed by atoms with E-state index in [2.05, 4.69) is 15.9 Å². The number of phenols is 1. The van der Waals surface area contributed by atoms with Crippen LogP contribution in [0.5, 0.6) is 11.5 Å². The molecule has 0 aliphatic carbocycles. The van der Waals surface area contributed by atoms with Crippen LogP contribution in [0.25, 0.3) is 0 Å². The van der Waals surface area contributed by atoms with E-state index in [1.54, 1.807) is 0 Å². The highest BCUT2D eigenvalue weighted by Gasteiger charge is 2.32. The zero-order valence-electron chi connectivity index (χ0n) is 9.29. The lowest BCUT2D eigenvalue weighted by atomic mass is 10.0. The molecule has 1 aromatic rings. The van der Waals surface area contributed by atoms with E-state index >= 15 is 0 Å². The molecule has 0 saturated heterocycles. The van der Waals surface area contributed by atoms with Gasteiger partial charge in [0.2, 0.25) is 0 Å². The molecule has 1 aromatic carbocycles. The van der Waals surface area contributed by atoms with E-state index in [4.69, 9.17) is 10.5 Å². The standard InChI is InChI=1S/C10H11BrF3NO2.ClH/c1-17-8-3-5(11)2-6(9(8)16)7(15)4-10(12,13)14;/h2-3,7,16H,4,15H2,1H3;1H/t7-;/m1./s1. The van der Waals surface area contributed by atoms with Gasteiger partial charge in [-0.15, -0.1) is 12.4 Å². The van der Waals surface area contributed by atoms with Crippen LogP contribution in [-0.4, -0.2) is 18.4 Å². The number of nitrogens with two attached hydrogens (primary N) is 1. The number of rotatable bonds is 3. The topological polar surface area (TPSA) is 55.5 Å². The maximum absolute atomic E-state index is 12.2. The second-order valence-corrected chi connectivity index (χ2v) is 4.39. The first-order valence-corrected chi connectivity index (χ1v) is 5.42. The number of alkyl halides is 3. The minimum atomic E-state index is -4.39. The third-order valence-electron chi connectivity index (χ3n) is 2.14. The van der Waals surface area contributed by atoms with E-state index in [0.717, 1.165) is 0 Å². The zero-order chi connectivity index (χ0) is 13.2. The van der Waals surface area contributed by atoms with Crippen molar-refractivity contribution in [2.45, 2.75) is 18.6 Å². The molecule has 0 radical (unpaired) electrons. The van der Waals surface area contributed by atoms with Gasteiger partial charge < -0.3 is 15.6 Å². The van der Waals surface area contributed by atoms with Gasteiger partial charge in [0.05, 0.1) is 13.5 Å². The van der Waals surface area contributed by atoms with E-state index in [-0.39, 0.29) is 29.5 Å². The molecule has 18 heavy (non-hydrogen) atoms. The van der Waals surface area contributed by atoms with E-state index in [9.17, 15) is 18.3 Å². The molecule has 0 unspecified atom stereocenters. The lowest BCUT2D eigenvalue weighted by Crippen LogP contribution is -2.20. The van der Waals surface area contributed by atoms with E-state index < -0.39 is 18.6 Å². The van der Waals surface area contributed by atoms with E-state index in [0.29, 0.717) is 4.47 Å². The fourth-order valence-corrected chi connectivity index (χ4v) is 1.85. The van der Waals surface area contributed by atoms with Crippen molar-refractivity contribution in [1.82, 2.24) is 0 Å². The minimum Gasteiger partial charge on any atom is -0.504 e. The fraction of sp³-hybridized carbons (Fsp3) is 0.400. The van der Waals surface area contributed by atoms with Crippen molar-refractivity contribution in [1.29, 1.82) is 0 Å². The third kappa shape index (κ3) is 4.55. The summed E-state index contributed by atoms with van der Waals surface area (Å²) in [6, 6.07) is 1.45. The monoisotopic (exact) mass is 349 g/mol. The van der Waals surface area contributed by atoms with Gasteiger partial charge in [-0.1, -0.05) is 15.9 Å². The molecule has 0 aliphatic heterocycles. The summed E-state index contributed by atoms with van der Waals surface area (Å²) in [5.74, 6) is -0.292. The van der Waals surface area contributed by atoms with Crippen LogP contribution in [0.2, 0.25) is 0 Å². The number of hydrogen-bond acceptors (Lipinski definition) is 3. The van der Waals surface area contributed by atoms with Crippen molar-refractivity contribution in [2.24, 2.45) is 5.73 Å². The second-order valence-electron chi connectivity index (χ2n) is 3.47. The average Bonchev–Trinajstić information content (AvgIpc) is 2.18. The van der Waals surface area contributed by atoms with E-state index in [1.165, 1.54) is 19.2 Å². The Hall–Kier alpha value is -0.660. The number of methoxy groups -OCH3 is 1. The molecule has 8 heteroatoms. The molecule has 0 fully saturated rings. The average molecular weight is 351 g/mol. The molecule has 0 amide bonds. The number of halogens is 5. The molecule has 1 atom stereocenters. The van der Waals surface area contributed by atoms with Gasteiger partial charge in [0.15, 0.2) is 11.5 Å². The SMILES string of the molecule is COc1cc(Br)cc([C@H](N)CC(F)(F)F)c1O.Cl. The molecule has 0 heterocycles. The summed E-state index contributed by atoms with van der Waals surface area (Å²) in [6.45, 7) is 0. The Kier molecular flexibility index (Phi) is 6.25. The van der Waals surface area contributed by atoms with Crippen LogP contribution in [0, 0.1) is 0 Å². The minimum absolute atomic E-state index is 0. The Morgan fingerprint density at radius 3 is 2.44 bits per heavy atom. The van der Waals surface area contributed by atoms with Gasteiger partial charge in [-0.2, -0.15) is 13.2 Å². The number of ether oxygens (including phenoxy) is 1. The van der Waals surface area contributed by atoms with Crippen molar-refractivity contribution in [2.75, 3.05) is 7.11 Å². The van der Waals surface area contributed by atoms with Crippen LogP contribution in [-0.2, 0) is 0 Å². The lowest BCUT2D eigenvalue weighted by Gasteiger charge is -2.17.